The normalized spacial score (nSPS) is 13.2. The molecule has 6 heteroatoms. The van der Waals surface area contributed by atoms with Gasteiger partial charge in [0, 0.05) is 18.2 Å². The molecular weight excluding hydrogens is 310 g/mol. The van der Waals surface area contributed by atoms with Gasteiger partial charge in [0.15, 0.2) is 11.5 Å². The summed E-state index contributed by atoms with van der Waals surface area (Å²) >= 11 is 0. The fourth-order valence-electron chi connectivity index (χ4n) is 2.63. The Morgan fingerprint density at radius 3 is 2.25 bits per heavy atom. The van der Waals surface area contributed by atoms with E-state index in [0.29, 0.717) is 43.5 Å². The smallest absolute Gasteiger partial charge is 0.307 e. The van der Waals surface area contributed by atoms with Crippen molar-refractivity contribution in [2.24, 2.45) is 11.7 Å². The maximum Gasteiger partial charge on any atom is 0.307 e. The molecule has 3 N–H and O–H groups in total. The van der Waals surface area contributed by atoms with Crippen molar-refractivity contribution < 1.29 is 24.1 Å². The van der Waals surface area contributed by atoms with E-state index in [0.717, 1.165) is 5.56 Å². The number of benzene rings is 1. The summed E-state index contributed by atoms with van der Waals surface area (Å²) < 4.78 is 17.1. The molecule has 136 valence electrons. The van der Waals surface area contributed by atoms with Crippen LogP contribution in [0.3, 0.4) is 0 Å². The summed E-state index contributed by atoms with van der Waals surface area (Å²) in [4.78, 5) is 11.3. The van der Waals surface area contributed by atoms with E-state index < -0.39 is 11.9 Å². The number of nitrogens with two attached hydrogens (primary N) is 1. The van der Waals surface area contributed by atoms with Crippen molar-refractivity contribution in [3.8, 4) is 17.2 Å². The van der Waals surface area contributed by atoms with E-state index in [-0.39, 0.29) is 12.5 Å². The number of carboxylic acids is 1. The van der Waals surface area contributed by atoms with Crippen molar-refractivity contribution in [3.63, 3.8) is 0 Å². The first-order chi connectivity index (χ1) is 11.5. The van der Waals surface area contributed by atoms with Crippen LogP contribution in [0.4, 0.5) is 0 Å². The second-order valence-electron chi connectivity index (χ2n) is 5.55. The molecule has 0 aliphatic rings. The van der Waals surface area contributed by atoms with E-state index >= 15 is 0 Å². The highest BCUT2D eigenvalue weighted by Crippen LogP contribution is 2.41. The number of ether oxygens (including phenoxy) is 3. The lowest BCUT2D eigenvalue weighted by molar-refractivity contribution is -0.141. The number of carboxylic acid groups (broad SMARTS) is 1. The van der Waals surface area contributed by atoms with Crippen LogP contribution < -0.4 is 19.9 Å². The first-order valence-electron chi connectivity index (χ1n) is 8.47. The molecule has 1 rings (SSSR count). The van der Waals surface area contributed by atoms with Gasteiger partial charge in [0.05, 0.1) is 25.7 Å². The fraction of sp³-hybridized carbons (Fsp3) is 0.611. The summed E-state index contributed by atoms with van der Waals surface area (Å²) in [7, 11) is 0. The average molecular weight is 339 g/mol. The Balaban J connectivity index is 3.26. The topological polar surface area (TPSA) is 91.0 Å². The lowest BCUT2D eigenvalue weighted by atomic mass is 9.89. The van der Waals surface area contributed by atoms with Gasteiger partial charge in [0.2, 0.25) is 0 Å². The molecule has 2 unspecified atom stereocenters. The Morgan fingerprint density at radius 2 is 1.75 bits per heavy atom. The molecular formula is C18H29NO5. The van der Waals surface area contributed by atoms with Crippen molar-refractivity contribution in [2.45, 2.75) is 40.0 Å². The lowest BCUT2D eigenvalue weighted by Gasteiger charge is -2.22. The highest BCUT2D eigenvalue weighted by atomic mass is 16.5. The quantitative estimate of drug-likeness (QED) is 0.644. The number of aliphatic carboxylic acids is 1. The molecule has 0 heterocycles. The third-order valence-electron chi connectivity index (χ3n) is 3.76. The van der Waals surface area contributed by atoms with Gasteiger partial charge in [-0.15, -0.1) is 0 Å². The molecule has 2 atom stereocenters. The lowest BCUT2D eigenvalue weighted by Crippen LogP contribution is -2.25. The largest absolute Gasteiger partial charge is 0.494 e. The minimum absolute atomic E-state index is 0.0594. The highest BCUT2D eigenvalue weighted by Gasteiger charge is 2.24. The molecule has 0 fully saturated rings. The van der Waals surface area contributed by atoms with Crippen LogP contribution in [0.2, 0.25) is 0 Å². The number of rotatable bonds is 11. The molecule has 0 saturated heterocycles. The Bertz CT molecular complexity index is 532. The minimum Gasteiger partial charge on any atom is -0.494 e. The molecule has 24 heavy (non-hydrogen) atoms. The van der Waals surface area contributed by atoms with E-state index in [9.17, 15) is 9.90 Å². The van der Waals surface area contributed by atoms with E-state index in [1.165, 1.54) is 0 Å². The summed E-state index contributed by atoms with van der Waals surface area (Å²) in [6.07, 6.45) is 0.424. The molecule has 0 amide bonds. The van der Waals surface area contributed by atoms with E-state index in [4.69, 9.17) is 19.9 Å². The van der Waals surface area contributed by atoms with Gasteiger partial charge in [-0.05, 0) is 39.2 Å². The molecule has 0 spiro atoms. The van der Waals surface area contributed by atoms with Gasteiger partial charge >= 0.3 is 5.97 Å². The molecule has 1 aromatic carbocycles. The Labute approximate surface area is 143 Å². The van der Waals surface area contributed by atoms with Crippen LogP contribution in [0, 0.1) is 5.92 Å². The van der Waals surface area contributed by atoms with Crippen molar-refractivity contribution in [1.82, 2.24) is 0 Å². The van der Waals surface area contributed by atoms with Crippen molar-refractivity contribution in [1.29, 1.82) is 0 Å². The first-order valence-corrected chi connectivity index (χ1v) is 8.47. The molecule has 0 aromatic heterocycles. The summed E-state index contributed by atoms with van der Waals surface area (Å²) in [5.74, 6) is 0.416. The summed E-state index contributed by atoms with van der Waals surface area (Å²) in [6.45, 7) is 9.32. The molecule has 0 radical (unpaired) electrons. The SMILES string of the molecule is CCOc1cc(OCC)c(OCC)c(C(C)CC(CN)C(=O)O)c1. The third-order valence-corrected chi connectivity index (χ3v) is 3.76. The Morgan fingerprint density at radius 1 is 1.12 bits per heavy atom. The Kier molecular flexibility index (Phi) is 8.40. The average Bonchev–Trinajstić information content (AvgIpc) is 2.54. The first kappa shape index (κ1) is 20.1. The second-order valence-corrected chi connectivity index (χ2v) is 5.55. The number of hydrogen-bond acceptors (Lipinski definition) is 5. The number of hydrogen-bond donors (Lipinski definition) is 2. The molecule has 0 aliphatic heterocycles. The van der Waals surface area contributed by atoms with Gasteiger partial charge in [-0.2, -0.15) is 0 Å². The van der Waals surface area contributed by atoms with E-state index in [1.54, 1.807) is 0 Å². The van der Waals surface area contributed by atoms with E-state index in [2.05, 4.69) is 0 Å². The van der Waals surface area contributed by atoms with Gasteiger partial charge in [0.25, 0.3) is 0 Å². The van der Waals surface area contributed by atoms with Crippen LogP contribution in [0.5, 0.6) is 17.2 Å². The molecule has 0 aliphatic carbocycles. The zero-order chi connectivity index (χ0) is 18.1. The maximum atomic E-state index is 11.3. The predicted octanol–water partition coefficient (Wildman–Crippen LogP) is 3.04. The predicted molar refractivity (Wildman–Crippen MR) is 93.2 cm³/mol. The van der Waals surface area contributed by atoms with Crippen LogP contribution in [-0.2, 0) is 4.79 Å². The van der Waals surface area contributed by atoms with Crippen molar-refractivity contribution in [2.75, 3.05) is 26.4 Å². The van der Waals surface area contributed by atoms with Crippen LogP contribution in [0.25, 0.3) is 0 Å². The monoisotopic (exact) mass is 339 g/mol. The number of carbonyl (C=O) groups is 1. The van der Waals surface area contributed by atoms with Gasteiger partial charge in [-0.1, -0.05) is 6.92 Å². The van der Waals surface area contributed by atoms with Gasteiger partial charge in [-0.3, -0.25) is 4.79 Å². The van der Waals surface area contributed by atoms with Gasteiger partial charge in [-0.25, -0.2) is 0 Å². The van der Waals surface area contributed by atoms with Crippen LogP contribution in [0.1, 0.15) is 45.6 Å². The highest BCUT2D eigenvalue weighted by molar-refractivity contribution is 5.70. The van der Waals surface area contributed by atoms with Crippen LogP contribution in [0.15, 0.2) is 12.1 Å². The standard InChI is InChI=1S/C18H29NO5/c1-5-22-14-9-15(12(4)8-13(11-19)18(20)21)17(24-7-3)16(10-14)23-6-2/h9-10,12-13H,5-8,11,19H2,1-4H3,(H,20,21). The zero-order valence-electron chi connectivity index (χ0n) is 15.0. The summed E-state index contributed by atoms with van der Waals surface area (Å²) in [5, 5.41) is 9.26. The van der Waals surface area contributed by atoms with Gasteiger partial charge < -0.3 is 25.1 Å². The Hall–Kier alpha value is -1.95. The molecule has 1 aromatic rings. The van der Waals surface area contributed by atoms with Crippen LogP contribution >= 0.6 is 0 Å². The molecule has 0 bridgehead atoms. The molecule has 6 nitrogen and oxygen atoms in total. The molecule has 0 saturated carbocycles. The van der Waals surface area contributed by atoms with Crippen molar-refractivity contribution in [3.05, 3.63) is 17.7 Å². The van der Waals surface area contributed by atoms with Crippen LogP contribution in [-0.4, -0.2) is 37.4 Å². The minimum atomic E-state index is -0.881. The fourth-order valence-corrected chi connectivity index (χ4v) is 2.63. The third kappa shape index (κ3) is 5.30. The van der Waals surface area contributed by atoms with Gasteiger partial charge in [0.1, 0.15) is 5.75 Å². The maximum absolute atomic E-state index is 11.3. The van der Waals surface area contributed by atoms with Crippen molar-refractivity contribution >= 4 is 5.97 Å². The summed E-state index contributed by atoms with van der Waals surface area (Å²) in [5.41, 5.74) is 6.47. The zero-order valence-corrected chi connectivity index (χ0v) is 15.0. The summed E-state index contributed by atoms with van der Waals surface area (Å²) in [6, 6.07) is 3.71. The van der Waals surface area contributed by atoms with E-state index in [1.807, 2.05) is 39.8 Å². The second kappa shape index (κ2) is 10.0.